The van der Waals surface area contributed by atoms with E-state index in [1.807, 2.05) is 0 Å². The summed E-state index contributed by atoms with van der Waals surface area (Å²) in [5.74, 6) is 0. The predicted octanol–water partition coefficient (Wildman–Crippen LogP) is -8.12. The van der Waals surface area contributed by atoms with Crippen LogP contribution in [-0.2, 0) is 44.8 Å². The number of hydrogen-bond donors (Lipinski definition) is 0. The first kappa shape index (κ1) is 611. The summed E-state index contributed by atoms with van der Waals surface area (Å²) < 4.78 is 0. The molecule has 0 heterocycles. The molecule has 16 heavy (non-hydrogen) atoms. The molecule has 0 bridgehead atoms. The molecule has 12 nitrogen and oxygen atoms in total. The van der Waals surface area contributed by atoms with Crippen molar-refractivity contribution in [1.82, 2.24) is 0 Å². The van der Waals surface area contributed by atoms with Gasteiger partial charge >= 0.3 is 115 Å². The number of rotatable bonds is 0. The van der Waals surface area contributed by atoms with Crippen molar-refractivity contribution in [1.29, 1.82) is 0 Å². The maximum absolute atomic E-state index is 0. The zero-order chi connectivity index (χ0) is 0. The molecule has 16 heteroatoms. The van der Waals surface area contributed by atoms with Crippen LogP contribution in [0.15, 0.2) is 0 Å². The fourth-order valence-electron chi connectivity index (χ4n) is 0. The zero-order valence-corrected chi connectivity index (χ0v) is 16.8. The third-order valence-corrected chi connectivity index (χ3v) is 0. The van der Waals surface area contributed by atoms with Crippen LogP contribution in [0.2, 0.25) is 0 Å². The fourth-order valence-corrected chi connectivity index (χ4v) is 0. The van der Waals surface area contributed by atoms with E-state index in [-0.39, 0.29) is 181 Å². The zero-order valence-electron chi connectivity index (χ0n) is 8.26. The first-order valence-electron chi connectivity index (χ1n) is 0. The Labute approximate surface area is 178 Å². The molecule has 0 rings (SSSR count). The molecule has 0 aromatic heterocycles. The summed E-state index contributed by atoms with van der Waals surface area (Å²) in [7, 11) is 0. The first-order valence-corrected chi connectivity index (χ1v) is 0. The Balaban J connectivity index is 0. The third kappa shape index (κ3) is 434. The minimum absolute atomic E-state index is 0. The van der Waals surface area contributed by atoms with E-state index in [1.165, 1.54) is 0 Å². The van der Waals surface area contributed by atoms with Crippen LogP contribution >= 0.6 is 0 Å². The van der Waals surface area contributed by atoms with Crippen LogP contribution in [0.3, 0.4) is 0 Å². The van der Waals surface area contributed by atoms with Crippen molar-refractivity contribution in [2.45, 2.75) is 0 Å². The summed E-state index contributed by atoms with van der Waals surface area (Å²) in [6.45, 7) is 0. The van der Waals surface area contributed by atoms with Crippen LogP contribution in [0.25, 0.3) is 0 Å². The third-order valence-electron chi connectivity index (χ3n) is 0. The van der Waals surface area contributed by atoms with E-state index in [4.69, 9.17) is 0 Å². The van der Waals surface area contributed by atoms with Crippen molar-refractivity contribution in [2.75, 3.05) is 0 Å². The van der Waals surface area contributed by atoms with E-state index in [2.05, 4.69) is 0 Å². The Bertz CT molecular complexity index is 21.0. The summed E-state index contributed by atoms with van der Waals surface area (Å²) in [4.78, 5) is 0. The maximum Gasteiger partial charge on any atom is 5.00 e. The van der Waals surface area contributed by atoms with Crippen molar-refractivity contribution in [2.24, 2.45) is 0 Å². The molecule has 0 radical (unpaired) electrons. The SMILES string of the molecule is [K+].[Li+].[Nb+5].[OH-].[OH-].[OH-].[OH-].[OH-].[OH-].[OH-].[OH-].[OH-].[OH-].[OH-].[OH-].[Ta+5]. The van der Waals surface area contributed by atoms with Gasteiger partial charge in [-0.1, -0.05) is 0 Å². The van der Waals surface area contributed by atoms with E-state index < -0.39 is 0 Å². The predicted molar refractivity (Wildman–Crippen MR) is 23.2 cm³/mol. The second-order valence-electron chi connectivity index (χ2n) is 0. The Morgan fingerprint density at radius 3 is 0.312 bits per heavy atom. The van der Waals surface area contributed by atoms with Crippen molar-refractivity contribution >= 4 is 0 Å². The molecule has 0 unspecified atom stereocenters. The minimum Gasteiger partial charge on any atom is -0.870 e. The van der Waals surface area contributed by atoms with Gasteiger partial charge in [0.25, 0.3) is 0 Å². The van der Waals surface area contributed by atoms with Crippen LogP contribution in [0, 0.1) is 0 Å². The van der Waals surface area contributed by atoms with Crippen molar-refractivity contribution in [3.05, 3.63) is 0 Å². The minimum atomic E-state index is 0. The normalized spacial score (nSPS) is 0. The van der Waals surface area contributed by atoms with Gasteiger partial charge in [0.1, 0.15) is 0 Å². The van der Waals surface area contributed by atoms with Crippen molar-refractivity contribution < 1.29 is 181 Å². The largest absolute Gasteiger partial charge is 5.00 e. The van der Waals surface area contributed by atoms with E-state index in [0.717, 1.165) is 0 Å². The molecule has 0 fully saturated rings. The van der Waals surface area contributed by atoms with Gasteiger partial charge < -0.3 is 65.7 Å². The van der Waals surface area contributed by atoms with Gasteiger partial charge in [-0.3, -0.25) is 0 Å². The Morgan fingerprint density at radius 2 is 0.312 bits per heavy atom. The average molecular weight is 524 g/mol. The van der Waals surface area contributed by atoms with Gasteiger partial charge in [0.2, 0.25) is 0 Å². The van der Waals surface area contributed by atoms with E-state index in [0.29, 0.717) is 0 Å². The molecule has 0 aliphatic rings. The molecule has 0 saturated carbocycles. The van der Waals surface area contributed by atoms with E-state index >= 15 is 0 Å². The summed E-state index contributed by atoms with van der Waals surface area (Å²) in [6.07, 6.45) is 0. The summed E-state index contributed by atoms with van der Waals surface area (Å²) >= 11 is 0. The van der Waals surface area contributed by atoms with Gasteiger partial charge in [-0.15, -0.1) is 0 Å². The van der Waals surface area contributed by atoms with E-state index in [9.17, 15) is 0 Å². The molecule has 0 amide bonds. The Hall–Kier alpha value is 3.23. The van der Waals surface area contributed by atoms with Crippen LogP contribution in [0.4, 0.5) is 0 Å². The van der Waals surface area contributed by atoms with Gasteiger partial charge in [-0.2, -0.15) is 0 Å². The van der Waals surface area contributed by atoms with Crippen LogP contribution in [-0.4, -0.2) is 65.7 Å². The fraction of sp³-hybridized carbons (Fsp3) is 0. The molecular weight excluding hydrogens is 512 g/mol. The number of hydrogen-bond acceptors (Lipinski definition) is 12. The topological polar surface area (TPSA) is 360 Å². The maximum atomic E-state index is 0. The quantitative estimate of drug-likeness (QED) is 0.267. The smallest absolute Gasteiger partial charge is 0.870 e. The summed E-state index contributed by atoms with van der Waals surface area (Å²) in [6, 6.07) is 0. The van der Waals surface area contributed by atoms with Crippen LogP contribution in [0.1, 0.15) is 0 Å². The van der Waals surface area contributed by atoms with Crippen molar-refractivity contribution in [3.63, 3.8) is 0 Å². The molecule has 0 atom stereocenters. The molecule has 0 aliphatic carbocycles. The molecule has 0 spiro atoms. The first-order chi connectivity index (χ1) is 0. The molecule has 0 saturated heterocycles. The molecule has 0 aromatic rings. The van der Waals surface area contributed by atoms with Gasteiger partial charge in [-0.05, 0) is 0 Å². The van der Waals surface area contributed by atoms with Gasteiger partial charge in [0.15, 0.2) is 0 Å². The average Bonchev–Trinajstić information content (AvgIpc) is 0. The standard InChI is InChI=1S/K.Li.Nb.12H2O.Ta/h;;;12*1H2;/q2*+1;+5;;;;;;;;;;;;;+5/p-12. The molecule has 0 aromatic carbocycles. The molecule has 0 aliphatic heterocycles. The van der Waals surface area contributed by atoms with E-state index in [1.54, 1.807) is 0 Å². The molecule has 12 N–H and O–H groups in total. The Morgan fingerprint density at radius 1 is 0.312 bits per heavy atom. The summed E-state index contributed by atoms with van der Waals surface area (Å²) in [5, 5.41) is 0. The second kappa shape index (κ2) is 518. The van der Waals surface area contributed by atoms with Gasteiger partial charge in [-0.25, -0.2) is 0 Å². The van der Waals surface area contributed by atoms with Crippen LogP contribution < -0.4 is 70.2 Å². The molecule has 96 valence electrons. The van der Waals surface area contributed by atoms with Gasteiger partial charge in [0, 0.05) is 0 Å². The second-order valence-corrected chi connectivity index (χ2v) is 0. The van der Waals surface area contributed by atoms with Gasteiger partial charge in [0.05, 0.1) is 0 Å². The molecular formula is H12KLiNbO12Ta. The monoisotopic (exact) mass is 524 g/mol. The Kier molecular flexibility index (Phi) is 19800. The van der Waals surface area contributed by atoms with Crippen molar-refractivity contribution in [3.8, 4) is 0 Å². The van der Waals surface area contributed by atoms with Crippen LogP contribution in [0.5, 0.6) is 0 Å². The summed E-state index contributed by atoms with van der Waals surface area (Å²) in [5.41, 5.74) is 0.